The van der Waals surface area contributed by atoms with E-state index in [9.17, 15) is 22.8 Å². The summed E-state index contributed by atoms with van der Waals surface area (Å²) < 4.78 is 43.3. The first kappa shape index (κ1) is 21.2. The monoisotopic (exact) mass is 405 g/mol. The maximum atomic E-state index is 12.8. The normalized spacial score (nSPS) is 29.0. The lowest BCUT2D eigenvalue weighted by molar-refractivity contribution is -0.166. The van der Waals surface area contributed by atoms with Crippen LogP contribution in [-0.2, 0) is 9.53 Å². The summed E-state index contributed by atoms with van der Waals surface area (Å²) in [4.78, 5) is 28.7. The summed E-state index contributed by atoms with van der Waals surface area (Å²) in [7, 11) is 0. The lowest BCUT2D eigenvalue weighted by atomic mass is 9.64. The lowest BCUT2D eigenvalue weighted by Crippen LogP contribution is -2.57. The molecule has 0 N–H and O–H groups in total. The highest BCUT2D eigenvalue weighted by molar-refractivity contribution is 5.73. The molecule has 2 heterocycles. The van der Waals surface area contributed by atoms with Gasteiger partial charge in [-0.05, 0) is 44.4 Å². The van der Waals surface area contributed by atoms with Crippen molar-refractivity contribution in [2.45, 2.75) is 64.2 Å². The highest BCUT2D eigenvalue weighted by Crippen LogP contribution is 2.50. The van der Waals surface area contributed by atoms with Crippen LogP contribution >= 0.6 is 0 Å². The van der Waals surface area contributed by atoms with Crippen LogP contribution in [0.5, 0.6) is 0 Å². The number of alkyl halides is 3. The fraction of sp³-hybridized carbons (Fsp3) is 0.895. The van der Waals surface area contributed by atoms with E-state index in [-0.39, 0.29) is 17.6 Å². The molecule has 2 aliphatic heterocycles. The largest absolute Gasteiger partial charge is 0.450 e. The smallest absolute Gasteiger partial charge is 0.409 e. The first-order valence-corrected chi connectivity index (χ1v) is 10.1. The fourth-order valence-corrected chi connectivity index (χ4v) is 5.09. The number of carbonyl (C=O) groups excluding carboxylic acids is 2. The highest BCUT2D eigenvalue weighted by atomic mass is 19.4. The highest BCUT2D eigenvalue weighted by Gasteiger charge is 2.51. The number of piperidine rings is 1. The van der Waals surface area contributed by atoms with E-state index in [4.69, 9.17) is 4.74 Å². The molecule has 1 saturated carbocycles. The molecule has 1 aliphatic carbocycles. The summed E-state index contributed by atoms with van der Waals surface area (Å²) in [5.41, 5.74) is 0.177. The molecule has 0 bridgehead atoms. The van der Waals surface area contributed by atoms with Crippen molar-refractivity contribution in [3.05, 3.63) is 0 Å². The molecule has 2 amide bonds. The van der Waals surface area contributed by atoms with Gasteiger partial charge in [-0.15, -0.1) is 0 Å². The molecule has 0 radical (unpaired) electrons. The fourth-order valence-electron chi connectivity index (χ4n) is 5.09. The van der Waals surface area contributed by atoms with Gasteiger partial charge in [-0.3, -0.25) is 4.79 Å². The van der Waals surface area contributed by atoms with Crippen molar-refractivity contribution < 1.29 is 27.5 Å². The third-order valence-electron chi connectivity index (χ3n) is 6.51. The maximum Gasteiger partial charge on any atom is 0.409 e. The molecule has 0 aromatic heterocycles. The van der Waals surface area contributed by atoms with Gasteiger partial charge in [0.2, 0.25) is 5.91 Å². The number of likely N-dealkylation sites (tertiary alicyclic amines) is 2. The number of amides is 2. The zero-order chi connectivity index (χ0) is 20.5. The summed E-state index contributed by atoms with van der Waals surface area (Å²) >= 11 is 0. The third-order valence-corrected chi connectivity index (χ3v) is 6.51. The van der Waals surface area contributed by atoms with E-state index >= 15 is 0 Å². The number of carbonyl (C=O) groups is 2. The van der Waals surface area contributed by atoms with E-state index < -0.39 is 18.6 Å². The maximum absolute atomic E-state index is 12.8. The Balaban J connectivity index is 1.46. The second-order valence-electron chi connectivity index (χ2n) is 8.46. The van der Waals surface area contributed by atoms with Gasteiger partial charge in [0.1, 0.15) is 6.54 Å². The Morgan fingerprint density at radius 3 is 2.36 bits per heavy atom. The molecule has 3 aliphatic rings. The minimum absolute atomic E-state index is 0.177. The number of ether oxygens (including phenoxy) is 1. The van der Waals surface area contributed by atoms with Crippen LogP contribution in [0.1, 0.15) is 46.0 Å². The van der Waals surface area contributed by atoms with Crippen LogP contribution in [-0.4, -0.2) is 84.3 Å². The number of hydrogen-bond donors (Lipinski definition) is 0. The van der Waals surface area contributed by atoms with E-state index in [1.807, 2.05) is 0 Å². The van der Waals surface area contributed by atoms with Gasteiger partial charge in [-0.25, -0.2) is 4.79 Å². The van der Waals surface area contributed by atoms with Gasteiger partial charge in [-0.1, -0.05) is 0 Å². The Bertz CT molecular complexity index is 585. The molecular formula is C19H30F3N3O3. The van der Waals surface area contributed by atoms with Crippen molar-refractivity contribution in [2.24, 2.45) is 5.41 Å². The molecule has 0 atom stereocenters. The van der Waals surface area contributed by atoms with Gasteiger partial charge in [0.15, 0.2) is 0 Å². The molecule has 2 saturated heterocycles. The minimum atomic E-state index is -4.36. The second-order valence-corrected chi connectivity index (χ2v) is 8.46. The molecule has 1 spiro atoms. The van der Waals surface area contributed by atoms with Crippen molar-refractivity contribution >= 4 is 12.0 Å². The molecule has 9 heteroatoms. The van der Waals surface area contributed by atoms with Crippen LogP contribution in [0.15, 0.2) is 0 Å². The van der Waals surface area contributed by atoms with Crippen LogP contribution < -0.4 is 0 Å². The quantitative estimate of drug-likeness (QED) is 0.722. The van der Waals surface area contributed by atoms with Gasteiger partial charge in [0, 0.05) is 45.2 Å². The first-order valence-electron chi connectivity index (χ1n) is 10.1. The molecular weight excluding hydrogens is 375 g/mol. The van der Waals surface area contributed by atoms with Gasteiger partial charge in [0.25, 0.3) is 0 Å². The van der Waals surface area contributed by atoms with Crippen LogP contribution in [0.3, 0.4) is 0 Å². The average molecular weight is 405 g/mol. The SMILES string of the molecule is CCOC(=O)N1CCC2(CC(N3CCC(N(CC(F)(F)F)C(C)=O)CC3)C2)C1. The summed E-state index contributed by atoms with van der Waals surface area (Å²) in [5.74, 6) is -0.511. The predicted octanol–water partition coefficient (Wildman–Crippen LogP) is 2.87. The van der Waals surface area contributed by atoms with E-state index in [0.717, 1.165) is 37.3 Å². The molecule has 3 rings (SSSR count). The molecule has 3 fully saturated rings. The number of nitrogens with zero attached hydrogens (tertiary/aromatic N) is 3. The Morgan fingerprint density at radius 2 is 1.82 bits per heavy atom. The molecule has 28 heavy (non-hydrogen) atoms. The van der Waals surface area contributed by atoms with Gasteiger partial charge in [-0.2, -0.15) is 13.2 Å². The number of hydrogen-bond acceptors (Lipinski definition) is 4. The first-order chi connectivity index (χ1) is 13.1. The Morgan fingerprint density at radius 1 is 1.18 bits per heavy atom. The van der Waals surface area contributed by atoms with Crippen LogP contribution in [0, 0.1) is 5.41 Å². The standard InChI is InChI=1S/C19H30F3N3O3/c1-3-28-17(27)24-9-6-18(12-24)10-16(11-18)23-7-4-15(5-8-23)25(14(2)26)13-19(20,21)22/h15-16H,3-13H2,1-2H3. The van der Waals surface area contributed by atoms with E-state index in [0.29, 0.717) is 38.6 Å². The molecule has 0 unspecified atom stereocenters. The Labute approximate surface area is 164 Å². The molecule has 0 aromatic carbocycles. The zero-order valence-electron chi connectivity index (χ0n) is 16.6. The van der Waals surface area contributed by atoms with Gasteiger partial charge in [0.05, 0.1) is 6.61 Å². The summed E-state index contributed by atoms with van der Waals surface area (Å²) in [5, 5.41) is 0. The predicted molar refractivity (Wildman–Crippen MR) is 96.7 cm³/mol. The topological polar surface area (TPSA) is 53.1 Å². The van der Waals surface area contributed by atoms with Crippen LogP contribution in [0.2, 0.25) is 0 Å². The molecule has 160 valence electrons. The lowest BCUT2D eigenvalue weighted by Gasteiger charge is -2.52. The molecule has 6 nitrogen and oxygen atoms in total. The number of halogens is 3. The van der Waals surface area contributed by atoms with E-state index in [2.05, 4.69) is 4.90 Å². The minimum Gasteiger partial charge on any atom is -0.450 e. The zero-order valence-corrected chi connectivity index (χ0v) is 16.6. The van der Waals surface area contributed by atoms with Crippen molar-refractivity contribution in [3.63, 3.8) is 0 Å². The van der Waals surface area contributed by atoms with Crippen LogP contribution in [0.4, 0.5) is 18.0 Å². The van der Waals surface area contributed by atoms with Crippen LogP contribution in [0.25, 0.3) is 0 Å². The van der Waals surface area contributed by atoms with Crippen molar-refractivity contribution in [2.75, 3.05) is 39.3 Å². The third kappa shape index (κ3) is 4.72. The molecule has 0 aromatic rings. The van der Waals surface area contributed by atoms with E-state index in [1.54, 1.807) is 11.8 Å². The summed E-state index contributed by atoms with van der Waals surface area (Å²) in [6.07, 6.45) is -0.419. The van der Waals surface area contributed by atoms with Gasteiger partial charge >= 0.3 is 12.3 Å². The van der Waals surface area contributed by atoms with Crippen molar-refractivity contribution in [3.8, 4) is 0 Å². The Hall–Kier alpha value is -1.51. The Kier molecular flexibility index (Phi) is 6.12. The number of rotatable bonds is 4. The van der Waals surface area contributed by atoms with E-state index in [1.165, 1.54) is 6.92 Å². The second kappa shape index (κ2) is 8.08. The summed E-state index contributed by atoms with van der Waals surface area (Å²) in [6.45, 7) is 5.14. The van der Waals surface area contributed by atoms with Gasteiger partial charge < -0.3 is 19.4 Å². The average Bonchev–Trinajstić information content (AvgIpc) is 3.04. The van der Waals surface area contributed by atoms with Crippen molar-refractivity contribution in [1.29, 1.82) is 0 Å². The summed E-state index contributed by atoms with van der Waals surface area (Å²) in [6, 6.07) is 0.0895. The van der Waals surface area contributed by atoms with Crippen molar-refractivity contribution in [1.82, 2.24) is 14.7 Å².